The van der Waals surface area contributed by atoms with E-state index in [1.165, 1.54) is 40.5 Å². The molecule has 0 unspecified atom stereocenters. The zero-order chi connectivity index (χ0) is 11.5. The van der Waals surface area contributed by atoms with Gasteiger partial charge in [-0.1, -0.05) is 0 Å². The molecule has 0 aliphatic carbocycles. The Bertz CT molecular complexity index is 481. The first kappa shape index (κ1) is 10.8. The fourth-order valence-corrected chi connectivity index (χ4v) is 1.86. The van der Waals surface area contributed by atoms with E-state index >= 15 is 0 Å². The van der Waals surface area contributed by atoms with Crippen LogP contribution >= 0.6 is 11.3 Å². The summed E-state index contributed by atoms with van der Waals surface area (Å²) in [7, 11) is 1.64. The number of carbonyl (C=O) groups excluding carboxylic acids is 1. The predicted molar refractivity (Wildman–Crippen MR) is 61.2 cm³/mol. The van der Waals surface area contributed by atoms with E-state index in [-0.39, 0.29) is 11.7 Å². The second kappa shape index (κ2) is 4.40. The van der Waals surface area contributed by atoms with Gasteiger partial charge in [-0.25, -0.2) is 9.37 Å². The van der Waals surface area contributed by atoms with Crippen LogP contribution in [0.15, 0.2) is 35.8 Å². The molecule has 0 N–H and O–H groups in total. The van der Waals surface area contributed by atoms with Gasteiger partial charge in [0.2, 0.25) is 0 Å². The first-order valence-corrected chi connectivity index (χ1v) is 5.49. The number of hydrogen-bond donors (Lipinski definition) is 0. The molecule has 2 rings (SSSR count). The lowest BCUT2D eigenvalue weighted by Crippen LogP contribution is -2.25. The van der Waals surface area contributed by atoms with Gasteiger partial charge in [-0.05, 0) is 24.3 Å². The number of halogens is 1. The van der Waals surface area contributed by atoms with Crippen molar-refractivity contribution in [1.29, 1.82) is 0 Å². The van der Waals surface area contributed by atoms with Gasteiger partial charge in [0.1, 0.15) is 5.82 Å². The van der Waals surface area contributed by atoms with Crippen LogP contribution in [0.4, 0.5) is 9.52 Å². The number of aromatic nitrogens is 1. The summed E-state index contributed by atoms with van der Waals surface area (Å²) in [6.07, 6.45) is 1.63. The summed E-state index contributed by atoms with van der Waals surface area (Å²) in [6, 6.07) is 5.45. The Morgan fingerprint density at radius 3 is 2.62 bits per heavy atom. The predicted octanol–water partition coefficient (Wildman–Crippen LogP) is 2.56. The largest absolute Gasteiger partial charge is 0.287 e. The molecule has 0 saturated heterocycles. The minimum Gasteiger partial charge on any atom is -0.287 e. The molecule has 0 fully saturated rings. The summed E-state index contributed by atoms with van der Waals surface area (Å²) < 4.78 is 12.7. The van der Waals surface area contributed by atoms with Gasteiger partial charge in [0.05, 0.1) is 0 Å². The average molecular weight is 236 g/mol. The third kappa shape index (κ3) is 2.09. The van der Waals surface area contributed by atoms with E-state index < -0.39 is 0 Å². The standard InChI is InChI=1S/C11H9FN2OS/c1-14(11-13-6-7-16-11)10(15)8-2-4-9(12)5-3-8/h2-7H,1H3. The van der Waals surface area contributed by atoms with Crippen molar-refractivity contribution in [2.24, 2.45) is 0 Å². The van der Waals surface area contributed by atoms with Crippen LogP contribution in [0.3, 0.4) is 0 Å². The van der Waals surface area contributed by atoms with Crippen molar-refractivity contribution in [2.45, 2.75) is 0 Å². The first-order chi connectivity index (χ1) is 7.68. The lowest BCUT2D eigenvalue weighted by atomic mass is 10.2. The number of amides is 1. The molecule has 1 aromatic carbocycles. The highest BCUT2D eigenvalue weighted by Crippen LogP contribution is 2.18. The summed E-state index contributed by atoms with van der Waals surface area (Å²) in [6.45, 7) is 0. The quantitative estimate of drug-likeness (QED) is 0.802. The van der Waals surface area contributed by atoms with Crippen LogP contribution in [0.25, 0.3) is 0 Å². The van der Waals surface area contributed by atoms with Crippen LogP contribution in [-0.4, -0.2) is 17.9 Å². The molecular weight excluding hydrogens is 227 g/mol. The van der Waals surface area contributed by atoms with E-state index in [0.29, 0.717) is 10.7 Å². The lowest BCUT2D eigenvalue weighted by Gasteiger charge is -2.13. The number of rotatable bonds is 2. The van der Waals surface area contributed by atoms with Crippen LogP contribution in [0.5, 0.6) is 0 Å². The third-order valence-corrected chi connectivity index (χ3v) is 2.95. The van der Waals surface area contributed by atoms with Crippen molar-refractivity contribution in [2.75, 3.05) is 11.9 Å². The highest BCUT2D eigenvalue weighted by Gasteiger charge is 2.14. The van der Waals surface area contributed by atoms with Gasteiger partial charge in [0.15, 0.2) is 5.13 Å². The molecule has 82 valence electrons. The molecule has 0 atom stereocenters. The smallest absolute Gasteiger partial charge is 0.259 e. The summed E-state index contributed by atoms with van der Waals surface area (Å²) in [5.41, 5.74) is 0.444. The van der Waals surface area contributed by atoms with E-state index in [2.05, 4.69) is 4.98 Å². The normalized spacial score (nSPS) is 10.1. The van der Waals surface area contributed by atoms with Crippen LogP contribution < -0.4 is 4.90 Å². The van der Waals surface area contributed by atoms with Crippen LogP contribution in [0, 0.1) is 5.82 Å². The SMILES string of the molecule is CN(C(=O)c1ccc(F)cc1)c1nccs1. The minimum absolute atomic E-state index is 0.199. The molecule has 1 aromatic heterocycles. The van der Waals surface area contributed by atoms with E-state index in [1.54, 1.807) is 18.6 Å². The Hall–Kier alpha value is -1.75. The van der Waals surface area contributed by atoms with E-state index in [1.807, 2.05) is 0 Å². The molecule has 5 heteroatoms. The van der Waals surface area contributed by atoms with Gasteiger partial charge < -0.3 is 0 Å². The molecule has 16 heavy (non-hydrogen) atoms. The van der Waals surface area contributed by atoms with Gasteiger partial charge in [0.25, 0.3) is 5.91 Å². The number of anilines is 1. The van der Waals surface area contributed by atoms with E-state index in [4.69, 9.17) is 0 Å². The molecule has 2 aromatic rings. The van der Waals surface area contributed by atoms with Crippen molar-refractivity contribution in [3.8, 4) is 0 Å². The number of thiazole rings is 1. The zero-order valence-electron chi connectivity index (χ0n) is 8.55. The topological polar surface area (TPSA) is 33.2 Å². The second-order valence-electron chi connectivity index (χ2n) is 3.19. The number of hydrogen-bond acceptors (Lipinski definition) is 3. The van der Waals surface area contributed by atoms with Gasteiger partial charge >= 0.3 is 0 Å². The first-order valence-electron chi connectivity index (χ1n) is 4.61. The molecule has 0 aliphatic heterocycles. The Morgan fingerprint density at radius 1 is 1.38 bits per heavy atom. The Labute approximate surface area is 96.2 Å². The summed E-state index contributed by atoms with van der Waals surface area (Å²) in [5.74, 6) is -0.552. The molecule has 0 bridgehead atoms. The molecule has 3 nitrogen and oxygen atoms in total. The van der Waals surface area contributed by atoms with E-state index in [9.17, 15) is 9.18 Å². The maximum absolute atomic E-state index is 12.7. The van der Waals surface area contributed by atoms with Crippen LogP contribution in [0.1, 0.15) is 10.4 Å². The molecule has 0 spiro atoms. The third-order valence-electron chi connectivity index (χ3n) is 2.10. The average Bonchev–Trinajstić information content (AvgIpc) is 2.81. The lowest BCUT2D eigenvalue weighted by molar-refractivity contribution is 0.0993. The zero-order valence-corrected chi connectivity index (χ0v) is 9.37. The van der Waals surface area contributed by atoms with Gasteiger partial charge in [-0.2, -0.15) is 0 Å². The minimum atomic E-state index is -0.353. The van der Waals surface area contributed by atoms with Crippen molar-refractivity contribution < 1.29 is 9.18 Å². The second-order valence-corrected chi connectivity index (χ2v) is 4.06. The van der Waals surface area contributed by atoms with Crippen molar-refractivity contribution in [1.82, 2.24) is 4.98 Å². The van der Waals surface area contributed by atoms with Crippen LogP contribution in [-0.2, 0) is 0 Å². The van der Waals surface area contributed by atoms with E-state index in [0.717, 1.165) is 0 Å². The van der Waals surface area contributed by atoms with Gasteiger partial charge in [-0.3, -0.25) is 9.69 Å². The van der Waals surface area contributed by atoms with Gasteiger partial charge in [0, 0.05) is 24.2 Å². The maximum atomic E-state index is 12.7. The molecule has 0 saturated carbocycles. The highest BCUT2D eigenvalue weighted by atomic mass is 32.1. The highest BCUT2D eigenvalue weighted by molar-refractivity contribution is 7.13. The van der Waals surface area contributed by atoms with Crippen molar-refractivity contribution >= 4 is 22.4 Å². The summed E-state index contributed by atoms with van der Waals surface area (Å²) >= 11 is 1.38. The Morgan fingerprint density at radius 2 is 2.06 bits per heavy atom. The monoisotopic (exact) mass is 236 g/mol. The number of benzene rings is 1. The molecule has 0 radical (unpaired) electrons. The summed E-state index contributed by atoms with van der Waals surface area (Å²) in [4.78, 5) is 17.4. The fourth-order valence-electron chi connectivity index (χ4n) is 1.25. The fraction of sp³-hybridized carbons (Fsp3) is 0.0909. The summed E-state index contributed by atoms with van der Waals surface area (Å²) in [5, 5.41) is 2.42. The number of carbonyl (C=O) groups is 1. The Kier molecular flexibility index (Phi) is 2.96. The maximum Gasteiger partial charge on any atom is 0.259 e. The molecule has 1 amide bonds. The Balaban J connectivity index is 2.22. The molecule has 0 aliphatic rings. The van der Waals surface area contributed by atoms with Crippen molar-refractivity contribution in [3.05, 3.63) is 47.2 Å². The van der Waals surface area contributed by atoms with Crippen LogP contribution in [0.2, 0.25) is 0 Å². The van der Waals surface area contributed by atoms with Crippen molar-refractivity contribution in [3.63, 3.8) is 0 Å². The number of nitrogens with zero attached hydrogens (tertiary/aromatic N) is 2. The molecular formula is C11H9FN2OS. The molecule has 1 heterocycles. The van der Waals surface area contributed by atoms with Gasteiger partial charge in [-0.15, -0.1) is 11.3 Å².